The lowest BCUT2D eigenvalue weighted by atomic mass is 10.2. The predicted octanol–water partition coefficient (Wildman–Crippen LogP) is 1.81. The number of hydrogen-bond donors (Lipinski definition) is 1. The van der Waals surface area contributed by atoms with Gasteiger partial charge in [0, 0.05) is 0 Å². The second kappa shape index (κ2) is 5.19. The first kappa shape index (κ1) is 12.8. The van der Waals surface area contributed by atoms with Crippen LogP contribution in [0.4, 0.5) is 20.2 Å². The number of nitro groups is 1. The number of hydrogen-bond acceptors (Lipinski definition) is 4. The van der Waals surface area contributed by atoms with Crippen molar-refractivity contribution in [3.05, 3.63) is 28.3 Å². The van der Waals surface area contributed by atoms with Gasteiger partial charge in [0.15, 0.2) is 0 Å². The zero-order chi connectivity index (χ0) is 13.0. The molecule has 1 aromatic carbocycles. The van der Waals surface area contributed by atoms with Crippen LogP contribution >= 0.6 is 0 Å². The van der Waals surface area contributed by atoms with Crippen molar-refractivity contribution in [1.82, 2.24) is 0 Å². The maximum atomic E-state index is 12.0. The van der Waals surface area contributed by atoms with Gasteiger partial charge in [0.25, 0.3) is 11.6 Å². The van der Waals surface area contributed by atoms with Crippen molar-refractivity contribution in [2.24, 2.45) is 0 Å². The number of nitrogens with zero attached hydrogens (tertiary/aromatic N) is 1. The average Bonchev–Trinajstić information content (AvgIpc) is 2.29. The summed E-state index contributed by atoms with van der Waals surface area (Å²) >= 11 is 0. The molecule has 1 N–H and O–H groups in total. The molecule has 0 bridgehead atoms. The second-order valence-electron chi connectivity index (χ2n) is 2.93. The number of carbonyl (C=O) groups excluding carboxylic acids is 1. The molecule has 0 saturated heterocycles. The molecular weight excluding hydrogens is 238 g/mol. The predicted molar refractivity (Wildman–Crippen MR) is 54.3 cm³/mol. The molecule has 0 aliphatic carbocycles. The minimum atomic E-state index is -3.24. The first-order chi connectivity index (χ1) is 7.95. The molecule has 0 heterocycles. The maximum absolute atomic E-state index is 12.0. The third-order valence-corrected chi connectivity index (χ3v) is 1.86. The Morgan fingerprint density at radius 3 is 2.65 bits per heavy atom. The highest BCUT2D eigenvalue weighted by atomic mass is 19.3. The van der Waals surface area contributed by atoms with Gasteiger partial charge in [-0.1, -0.05) is 0 Å². The van der Waals surface area contributed by atoms with Crippen molar-refractivity contribution in [2.75, 3.05) is 12.4 Å². The van der Waals surface area contributed by atoms with Gasteiger partial charge in [0.1, 0.15) is 11.4 Å². The minimum Gasteiger partial charge on any atom is -0.496 e. The van der Waals surface area contributed by atoms with Crippen LogP contribution in [0.3, 0.4) is 0 Å². The summed E-state index contributed by atoms with van der Waals surface area (Å²) < 4.78 is 28.7. The third kappa shape index (κ3) is 3.10. The molecule has 1 aromatic rings. The SMILES string of the molecule is COc1ccc(NC(=O)C(F)F)c([N+](=O)[O-])c1. The molecule has 0 unspecified atom stereocenters. The fourth-order valence-electron chi connectivity index (χ4n) is 1.08. The van der Waals surface area contributed by atoms with Crippen molar-refractivity contribution in [1.29, 1.82) is 0 Å². The highest BCUT2D eigenvalue weighted by Gasteiger charge is 2.21. The van der Waals surface area contributed by atoms with Gasteiger partial charge < -0.3 is 10.1 Å². The molecule has 0 aliphatic heterocycles. The zero-order valence-corrected chi connectivity index (χ0v) is 8.65. The summed E-state index contributed by atoms with van der Waals surface area (Å²) in [6.07, 6.45) is -3.24. The largest absolute Gasteiger partial charge is 0.496 e. The Balaban J connectivity index is 3.06. The van der Waals surface area contributed by atoms with E-state index in [1.165, 1.54) is 13.2 Å². The molecule has 92 valence electrons. The van der Waals surface area contributed by atoms with Crippen LogP contribution in [0.15, 0.2) is 18.2 Å². The normalized spacial score (nSPS) is 10.1. The number of anilines is 1. The van der Waals surface area contributed by atoms with Crippen LogP contribution in [0.2, 0.25) is 0 Å². The lowest BCUT2D eigenvalue weighted by molar-refractivity contribution is -0.384. The molecule has 1 rings (SSSR count). The first-order valence-corrected chi connectivity index (χ1v) is 4.37. The van der Waals surface area contributed by atoms with E-state index in [1.54, 1.807) is 5.32 Å². The molecule has 8 heteroatoms. The van der Waals surface area contributed by atoms with Gasteiger partial charge >= 0.3 is 6.43 Å². The monoisotopic (exact) mass is 246 g/mol. The number of nitrogens with one attached hydrogen (secondary N) is 1. The van der Waals surface area contributed by atoms with E-state index in [4.69, 9.17) is 4.74 Å². The summed E-state index contributed by atoms with van der Waals surface area (Å²) in [5.41, 5.74) is -0.820. The van der Waals surface area contributed by atoms with Gasteiger partial charge in [-0.15, -0.1) is 0 Å². The van der Waals surface area contributed by atoms with Gasteiger partial charge in [-0.2, -0.15) is 8.78 Å². The van der Waals surface area contributed by atoms with Gasteiger partial charge in [-0.05, 0) is 12.1 Å². The minimum absolute atomic E-state index is 0.187. The van der Waals surface area contributed by atoms with Crippen LogP contribution < -0.4 is 10.1 Å². The van der Waals surface area contributed by atoms with E-state index < -0.39 is 22.9 Å². The Hall–Kier alpha value is -2.25. The topological polar surface area (TPSA) is 81.5 Å². The highest BCUT2D eigenvalue weighted by Crippen LogP contribution is 2.29. The van der Waals surface area contributed by atoms with Crippen molar-refractivity contribution in [3.63, 3.8) is 0 Å². The van der Waals surface area contributed by atoms with Crippen molar-refractivity contribution in [3.8, 4) is 5.75 Å². The van der Waals surface area contributed by atoms with Crippen molar-refractivity contribution >= 4 is 17.3 Å². The lowest BCUT2D eigenvalue weighted by Gasteiger charge is -2.06. The Kier molecular flexibility index (Phi) is 3.91. The van der Waals surface area contributed by atoms with E-state index >= 15 is 0 Å². The highest BCUT2D eigenvalue weighted by molar-refractivity contribution is 5.95. The molecule has 0 radical (unpaired) electrons. The van der Waals surface area contributed by atoms with Crippen LogP contribution in [0, 0.1) is 10.1 Å². The van der Waals surface area contributed by atoms with Crippen LogP contribution in [0.25, 0.3) is 0 Å². The van der Waals surface area contributed by atoms with Crippen molar-refractivity contribution in [2.45, 2.75) is 6.43 Å². The summed E-state index contributed by atoms with van der Waals surface area (Å²) in [6.45, 7) is 0. The van der Waals surface area contributed by atoms with E-state index in [-0.39, 0.29) is 11.4 Å². The van der Waals surface area contributed by atoms with Crippen molar-refractivity contribution < 1.29 is 23.2 Å². The molecule has 6 nitrogen and oxygen atoms in total. The van der Waals surface area contributed by atoms with Gasteiger partial charge in [0.05, 0.1) is 18.1 Å². The number of halogens is 2. The average molecular weight is 246 g/mol. The summed E-state index contributed by atoms with van der Waals surface area (Å²) in [5, 5.41) is 12.4. The molecular formula is C9H8F2N2O4. The Bertz CT molecular complexity index is 451. The molecule has 0 aliphatic rings. The number of amides is 1. The maximum Gasteiger partial charge on any atom is 0.315 e. The van der Waals surface area contributed by atoms with Crippen LogP contribution in [-0.2, 0) is 4.79 Å². The molecule has 17 heavy (non-hydrogen) atoms. The number of methoxy groups -OCH3 is 1. The standard InChI is InChI=1S/C9H8F2N2O4/c1-17-5-2-3-6(7(4-5)13(15)16)12-9(14)8(10)11/h2-4,8H,1H3,(H,12,14). The van der Waals surface area contributed by atoms with E-state index in [0.717, 1.165) is 12.1 Å². The zero-order valence-electron chi connectivity index (χ0n) is 8.65. The Morgan fingerprint density at radius 1 is 1.53 bits per heavy atom. The van der Waals surface area contributed by atoms with Crippen LogP contribution in [-0.4, -0.2) is 24.4 Å². The molecule has 0 aromatic heterocycles. The molecule has 0 atom stereocenters. The quantitative estimate of drug-likeness (QED) is 0.648. The van der Waals surface area contributed by atoms with E-state index in [9.17, 15) is 23.7 Å². The number of rotatable bonds is 4. The molecule has 0 fully saturated rings. The summed E-state index contributed by atoms with van der Waals surface area (Å²) in [4.78, 5) is 20.6. The third-order valence-electron chi connectivity index (χ3n) is 1.86. The Morgan fingerprint density at radius 2 is 2.18 bits per heavy atom. The molecule has 0 saturated carbocycles. The second-order valence-corrected chi connectivity index (χ2v) is 2.93. The van der Waals surface area contributed by atoms with Gasteiger partial charge in [-0.3, -0.25) is 14.9 Å². The number of nitro benzene ring substituents is 1. The summed E-state index contributed by atoms with van der Waals surface area (Å²) in [6, 6.07) is 3.46. The smallest absolute Gasteiger partial charge is 0.315 e. The lowest BCUT2D eigenvalue weighted by Crippen LogP contribution is -2.20. The fourth-order valence-corrected chi connectivity index (χ4v) is 1.08. The van der Waals surface area contributed by atoms with Crippen LogP contribution in [0.5, 0.6) is 5.75 Å². The van der Waals surface area contributed by atoms with E-state index in [0.29, 0.717) is 0 Å². The van der Waals surface area contributed by atoms with E-state index in [2.05, 4.69) is 0 Å². The number of benzene rings is 1. The van der Waals surface area contributed by atoms with Crippen LogP contribution in [0.1, 0.15) is 0 Å². The molecule has 0 spiro atoms. The summed E-state index contributed by atoms with van der Waals surface area (Å²) in [5.74, 6) is -1.41. The van der Waals surface area contributed by atoms with Gasteiger partial charge in [0.2, 0.25) is 0 Å². The summed E-state index contributed by atoms with van der Waals surface area (Å²) in [7, 11) is 1.30. The number of alkyl halides is 2. The van der Waals surface area contributed by atoms with Gasteiger partial charge in [-0.25, -0.2) is 0 Å². The fraction of sp³-hybridized carbons (Fsp3) is 0.222. The number of carbonyl (C=O) groups is 1. The first-order valence-electron chi connectivity index (χ1n) is 4.37. The number of ether oxygens (including phenoxy) is 1. The molecule has 1 amide bonds. The Labute approximate surface area is 94.3 Å². The van der Waals surface area contributed by atoms with E-state index in [1.807, 2.05) is 0 Å².